The fraction of sp³-hybridized carbons (Fsp3) is 0.280. The minimum absolute atomic E-state index is 0.0603. The van der Waals surface area contributed by atoms with E-state index < -0.39 is 9.84 Å². The topological polar surface area (TPSA) is 115 Å². The molecule has 0 spiro atoms. The van der Waals surface area contributed by atoms with E-state index in [-0.39, 0.29) is 11.3 Å². The average molecular weight is 497 g/mol. The van der Waals surface area contributed by atoms with Crippen LogP contribution in [0.2, 0.25) is 0 Å². The second-order valence-corrected chi connectivity index (χ2v) is 10.4. The number of nitrogens with one attached hydrogen (secondary N) is 2. The van der Waals surface area contributed by atoms with Crippen molar-refractivity contribution in [1.29, 1.82) is 0 Å². The summed E-state index contributed by atoms with van der Waals surface area (Å²) in [4.78, 5) is 19.6. The molecule has 0 aliphatic carbocycles. The van der Waals surface area contributed by atoms with Crippen molar-refractivity contribution < 1.29 is 17.9 Å². The van der Waals surface area contributed by atoms with Crippen molar-refractivity contribution in [2.45, 2.75) is 5.75 Å². The largest absolute Gasteiger partial charge is 0.377 e. The maximum absolute atomic E-state index is 12.4. The maximum atomic E-state index is 12.4. The molecule has 1 aromatic carbocycles. The molecular formula is C25H28N4O5S. The first-order chi connectivity index (χ1) is 16.8. The molecule has 1 aliphatic rings. The number of benzene rings is 1. The van der Waals surface area contributed by atoms with Gasteiger partial charge in [0.2, 0.25) is 0 Å². The fourth-order valence-corrected chi connectivity index (χ4v) is 4.62. The first-order valence-corrected chi connectivity index (χ1v) is 13.2. The molecule has 0 radical (unpaired) electrons. The number of rotatable bonds is 5. The Kier molecular flexibility index (Phi) is 7.64. The van der Waals surface area contributed by atoms with E-state index >= 15 is 0 Å². The van der Waals surface area contributed by atoms with Gasteiger partial charge in [-0.2, -0.15) is 0 Å². The van der Waals surface area contributed by atoms with Crippen LogP contribution >= 0.6 is 0 Å². The van der Waals surface area contributed by atoms with Crippen molar-refractivity contribution in [2.75, 3.05) is 38.0 Å². The number of hydrogen-bond acceptors (Lipinski definition) is 7. The molecule has 0 bridgehead atoms. The fourth-order valence-electron chi connectivity index (χ4n) is 3.83. The Balaban J connectivity index is 0.000000421. The van der Waals surface area contributed by atoms with Crippen molar-refractivity contribution in [1.82, 2.24) is 14.5 Å². The highest BCUT2D eigenvalue weighted by Crippen LogP contribution is 2.35. The standard InChI is InChI=1S/C21H20N4O3S.C4H8O2/c1-25-12-18(16-7-9-23-20(16)21(25)26)17-10-14(13-29(2,27)28)5-6-19(17)24-15-4-3-8-22-11-15;1-2-6-4-3-5-1/h3-12,23-24H,13H2,1-2H3;1-4H2. The summed E-state index contributed by atoms with van der Waals surface area (Å²) in [5.74, 6) is -0.0603. The SMILES string of the molecule is C1COCCO1.Cn1cc(-c2cc(CS(C)(=O)=O)ccc2Nc2cccnc2)c2cc[nH]c2c1=O. The second kappa shape index (κ2) is 10.9. The summed E-state index contributed by atoms with van der Waals surface area (Å²) >= 11 is 0. The molecule has 1 saturated heterocycles. The van der Waals surface area contributed by atoms with Gasteiger partial charge in [-0.1, -0.05) is 6.07 Å². The molecule has 4 heterocycles. The lowest BCUT2D eigenvalue weighted by molar-refractivity contribution is -0.0334. The molecule has 2 N–H and O–H groups in total. The number of anilines is 2. The second-order valence-electron chi connectivity index (χ2n) is 8.27. The van der Waals surface area contributed by atoms with Crippen molar-refractivity contribution in [3.8, 4) is 11.1 Å². The number of fused-ring (bicyclic) bond motifs is 1. The molecule has 184 valence electrons. The van der Waals surface area contributed by atoms with Crippen LogP contribution in [0.15, 0.2) is 66.0 Å². The van der Waals surface area contributed by atoms with Gasteiger partial charge in [-0.3, -0.25) is 9.78 Å². The lowest BCUT2D eigenvalue weighted by atomic mass is 9.99. The third-order valence-corrected chi connectivity index (χ3v) is 6.24. The smallest absolute Gasteiger partial charge is 0.274 e. The zero-order valence-electron chi connectivity index (χ0n) is 19.7. The van der Waals surface area contributed by atoms with Crippen molar-refractivity contribution >= 4 is 32.1 Å². The molecule has 1 fully saturated rings. The van der Waals surface area contributed by atoms with Crippen LogP contribution < -0.4 is 10.9 Å². The van der Waals surface area contributed by atoms with Gasteiger partial charge in [-0.15, -0.1) is 0 Å². The normalized spacial score (nSPS) is 13.8. The average Bonchev–Trinajstić information content (AvgIpc) is 3.34. The maximum Gasteiger partial charge on any atom is 0.274 e. The molecule has 10 heteroatoms. The van der Waals surface area contributed by atoms with Crippen LogP contribution in [0.1, 0.15) is 5.56 Å². The highest BCUT2D eigenvalue weighted by atomic mass is 32.2. The predicted octanol–water partition coefficient (Wildman–Crippen LogP) is 3.25. The van der Waals surface area contributed by atoms with Gasteiger partial charge >= 0.3 is 0 Å². The number of aromatic amines is 1. The molecule has 0 unspecified atom stereocenters. The molecule has 35 heavy (non-hydrogen) atoms. The van der Waals surface area contributed by atoms with E-state index in [9.17, 15) is 13.2 Å². The van der Waals surface area contributed by atoms with E-state index in [1.165, 1.54) is 10.8 Å². The van der Waals surface area contributed by atoms with Gasteiger partial charge < -0.3 is 24.3 Å². The minimum Gasteiger partial charge on any atom is -0.377 e. The molecule has 4 aromatic rings. The number of nitrogens with zero attached hydrogens (tertiary/aromatic N) is 2. The zero-order chi connectivity index (χ0) is 24.8. The van der Waals surface area contributed by atoms with E-state index in [1.807, 2.05) is 30.3 Å². The summed E-state index contributed by atoms with van der Waals surface area (Å²) in [6, 6.07) is 11.1. The van der Waals surface area contributed by atoms with E-state index in [2.05, 4.69) is 15.3 Å². The van der Waals surface area contributed by atoms with Gasteiger partial charge in [0.05, 0.1) is 44.1 Å². The van der Waals surface area contributed by atoms with Crippen LogP contribution in [0.25, 0.3) is 22.0 Å². The number of pyridine rings is 2. The minimum atomic E-state index is -3.19. The third-order valence-electron chi connectivity index (χ3n) is 5.38. The van der Waals surface area contributed by atoms with E-state index in [4.69, 9.17) is 9.47 Å². The van der Waals surface area contributed by atoms with E-state index in [0.717, 1.165) is 54.3 Å². The summed E-state index contributed by atoms with van der Waals surface area (Å²) in [6.07, 6.45) is 8.11. The monoisotopic (exact) mass is 496 g/mol. The van der Waals surface area contributed by atoms with E-state index in [1.54, 1.807) is 37.9 Å². The quantitative estimate of drug-likeness (QED) is 0.436. The Bertz CT molecular complexity index is 1450. The van der Waals surface area contributed by atoms with Crippen LogP contribution in [0.4, 0.5) is 11.4 Å². The van der Waals surface area contributed by atoms with Crippen LogP contribution in [0, 0.1) is 0 Å². The van der Waals surface area contributed by atoms with E-state index in [0.29, 0.717) is 11.1 Å². The van der Waals surface area contributed by atoms with Crippen molar-refractivity contribution in [3.05, 3.63) is 77.1 Å². The van der Waals surface area contributed by atoms with Crippen LogP contribution in [0.3, 0.4) is 0 Å². The number of H-pyrrole nitrogens is 1. The van der Waals surface area contributed by atoms with Gasteiger partial charge in [0.25, 0.3) is 5.56 Å². The van der Waals surface area contributed by atoms with Crippen LogP contribution in [0.5, 0.6) is 0 Å². The zero-order valence-corrected chi connectivity index (χ0v) is 20.5. The Hall–Kier alpha value is -3.47. The van der Waals surface area contributed by atoms with Gasteiger partial charge in [-0.25, -0.2) is 8.42 Å². The lowest BCUT2D eigenvalue weighted by Crippen LogP contribution is -2.16. The Labute approximate surface area is 203 Å². The Morgan fingerprint density at radius 3 is 2.46 bits per heavy atom. The molecule has 1 aliphatic heterocycles. The highest BCUT2D eigenvalue weighted by molar-refractivity contribution is 7.89. The van der Waals surface area contributed by atoms with Gasteiger partial charge in [0.1, 0.15) is 5.52 Å². The number of aryl methyl sites for hydroxylation is 1. The number of ether oxygens (including phenoxy) is 2. The Morgan fingerprint density at radius 1 is 1.09 bits per heavy atom. The molecular weight excluding hydrogens is 468 g/mol. The summed E-state index contributed by atoms with van der Waals surface area (Å²) in [6.45, 7) is 3.11. The van der Waals surface area contributed by atoms with Gasteiger partial charge in [0.15, 0.2) is 9.84 Å². The van der Waals surface area contributed by atoms with Gasteiger partial charge in [0, 0.05) is 54.1 Å². The molecule has 9 nitrogen and oxygen atoms in total. The van der Waals surface area contributed by atoms with Crippen molar-refractivity contribution in [2.24, 2.45) is 7.05 Å². The van der Waals surface area contributed by atoms with Crippen LogP contribution in [-0.2, 0) is 32.1 Å². The van der Waals surface area contributed by atoms with Crippen molar-refractivity contribution in [3.63, 3.8) is 0 Å². The number of hydrogen-bond donors (Lipinski definition) is 2. The van der Waals surface area contributed by atoms with Crippen LogP contribution in [-0.4, -0.2) is 55.6 Å². The highest BCUT2D eigenvalue weighted by Gasteiger charge is 2.15. The molecule has 0 atom stereocenters. The number of aromatic nitrogens is 3. The first-order valence-electron chi connectivity index (χ1n) is 11.1. The summed E-state index contributed by atoms with van der Waals surface area (Å²) in [7, 11) is -1.49. The lowest BCUT2D eigenvalue weighted by Gasteiger charge is -2.15. The molecule has 3 aromatic heterocycles. The number of sulfone groups is 1. The predicted molar refractivity (Wildman–Crippen MR) is 137 cm³/mol. The molecule has 0 amide bonds. The third kappa shape index (κ3) is 6.36. The van der Waals surface area contributed by atoms with Gasteiger partial charge in [-0.05, 0) is 35.9 Å². The summed E-state index contributed by atoms with van der Waals surface area (Å²) < 4.78 is 35.0. The molecule has 0 saturated carbocycles. The summed E-state index contributed by atoms with van der Waals surface area (Å²) in [5.41, 5.74) is 4.28. The first kappa shape index (κ1) is 24.6. The Morgan fingerprint density at radius 2 is 1.83 bits per heavy atom. The molecule has 5 rings (SSSR count). The summed E-state index contributed by atoms with van der Waals surface area (Å²) in [5, 5.41) is 4.12.